The normalized spacial score (nSPS) is 11.9. The van der Waals surface area contributed by atoms with Gasteiger partial charge in [0, 0.05) is 11.4 Å². The molecule has 5 heteroatoms. The maximum absolute atomic E-state index is 11.6. The van der Waals surface area contributed by atoms with E-state index in [-0.39, 0.29) is 16.7 Å². The number of carboxylic acid groups (broad SMARTS) is 1. The van der Waals surface area contributed by atoms with Gasteiger partial charge in [-0.3, -0.25) is 4.79 Å². The second kappa shape index (κ2) is 6.44. The fraction of sp³-hybridized carbons (Fsp3) is 0.385. The van der Waals surface area contributed by atoms with Gasteiger partial charge >= 0.3 is 5.97 Å². The van der Waals surface area contributed by atoms with E-state index in [1.807, 2.05) is 13.0 Å². The molecule has 1 amide bonds. The molecule has 0 aromatic heterocycles. The van der Waals surface area contributed by atoms with E-state index in [1.54, 1.807) is 26.0 Å². The van der Waals surface area contributed by atoms with Gasteiger partial charge in [-0.25, -0.2) is 4.79 Å². The first-order valence-electron chi connectivity index (χ1n) is 5.74. The summed E-state index contributed by atoms with van der Waals surface area (Å²) < 4.78 is 0. The molecule has 1 atom stereocenters. The van der Waals surface area contributed by atoms with Crippen molar-refractivity contribution in [3.63, 3.8) is 0 Å². The average Bonchev–Trinajstić information content (AvgIpc) is 2.31. The van der Waals surface area contributed by atoms with Crippen LogP contribution in [-0.2, 0) is 4.79 Å². The lowest BCUT2D eigenvalue weighted by molar-refractivity contribution is -0.120. The molecule has 0 spiro atoms. The monoisotopic (exact) mass is 267 g/mol. The van der Waals surface area contributed by atoms with E-state index in [9.17, 15) is 9.59 Å². The van der Waals surface area contributed by atoms with Crippen LogP contribution in [0, 0.1) is 6.92 Å². The number of thioether (sulfide) groups is 1. The van der Waals surface area contributed by atoms with Crippen molar-refractivity contribution < 1.29 is 14.7 Å². The zero-order chi connectivity index (χ0) is 13.7. The van der Waals surface area contributed by atoms with Gasteiger partial charge in [0.15, 0.2) is 0 Å². The third kappa shape index (κ3) is 3.77. The molecule has 0 heterocycles. The number of amides is 1. The predicted molar refractivity (Wildman–Crippen MR) is 72.1 cm³/mol. The molecule has 0 saturated heterocycles. The second-order valence-electron chi connectivity index (χ2n) is 3.94. The maximum Gasteiger partial charge on any atom is 0.335 e. The van der Waals surface area contributed by atoms with Crippen molar-refractivity contribution in [3.05, 3.63) is 29.3 Å². The van der Waals surface area contributed by atoms with Gasteiger partial charge in [-0.2, -0.15) is 0 Å². The minimum absolute atomic E-state index is 0.0417. The van der Waals surface area contributed by atoms with Crippen molar-refractivity contribution in [2.24, 2.45) is 0 Å². The van der Waals surface area contributed by atoms with E-state index < -0.39 is 5.97 Å². The molecule has 4 nitrogen and oxygen atoms in total. The van der Waals surface area contributed by atoms with Crippen LogP contribution in [0.5, 0.6) is 0 Å². The molecule has 18 heavy (non-hydrogen) atoms. The minimum Gasteiger partial charge on any atom is -0.478 e. The van der Waals surface area contributed by atoms with E-state index in [0.29, 0.717) is 6.54 Å². The van der Waals surface area contributed by atoms with Crippen LogP contribution in [0.2, 0.25) is 0 Å². The van der Waals surface area contributed by atoms with Crippen LogP contribution in [0.1, 0.15) is 29.8 Å². The molecule has 1 aromatic rings. The van der Waals surface area contributed by atoms with Crippen LogP contribution >= 0.6 is 11.8 Å². The summed E-state index contributed by atoms with van der Waals surface area (Å²) >= 11 is 1.36. The Balaban J connectivity index is 2.82. The molecule has 0 fully saturated rings. The van der Waals surface area contributed by atoms with Gasteiger partial charge in [0.1, 0.15) is 0 Å². The van der Waals surface area contributed by atoms with Crippen molar-refractivity contribution in [2.45, 2.75) is 30.9 Å². The van der Waals surface area contributed by atoms with Crippen LogP contribution in [0.3, 0.4) is 0 Å². The van der Waals surface area contributed by atoms with Crippen LogP contribution in [0.15, 0.2) is 23.1 Å². The van der Waals surface area contributed by atoms with Gasteiger partial charge in [0.25, 0.3) is 0 Å². The first-order chi connectivity index (χ1) is 8.45. The van der Waals surface area contributed by atoms with Gasteiger partial charge in [-0.05, 0) is 38.5 Å². The van der Waals surface area contributed by atoms with E-state index in [0.717, 1.165) is 10.5 Å². The van der Waals surface area contributed by atoms with Gasteiger partial charge in [-0.1, -0.05) is 6.07 Å². The van der Waals surface area contributed by atoms with Gasteiger partial charge < -0.3 is 10.4 Å². The third-order valence-corrected chi connectivity index (χ3v) is 3.57. The van der Waals surface area contributed by atoms with Crippen molar-refractivity contribution >= 4 is 23.6 Å². The van der Waals surface area contributed by atoms with Gasteiger partial charge in [0.05, 0.1) is 10.8 Å². The third-order valence-electron chi connectivity index (χ3n) is 2.47. The number of benzene rings is 1. The molecule has 1 aromatic carbocycles. The Hall–Kier alpha value is -1.49. The number of hydrogen-bond acceptors (Lipinski definition) is 3. The molecule has 98 valence electrons. The highest BCUT2D eigenvalue weighted by molar-refractivity contribution is 8.00. The highest BCUT2D eigenvalue weighted by atomic mass is 32.2. The Morgan fingerprint density at radius 2 is 2.11 bits per heavy atom. The van der Waals surface area contributed by atoms with Gasteiger partial charge in [-0.15, -0.1) is 11.8 Å². The average molecular weight is 267 g/mol. The standard InChI is InChI=1S/C13H17NO3S/c1-4-14-12(15)9(3)18-10-6-5-8(2)11(7-10)13(16)17/h5-7,9H,4H2,1-3H3,(H,14,15)(H,16,17). The summed E-state index contributed by atoms with van der Waals surface area (Å²) in [6.45, 7) is 6.02. The number of aromatic carboxylic acids is 1. The van der Waals surface area contributed by atoms with Gasteiger partial charge in [0.2, 0.25) is 5.91 Å². The Labute approximate surface area is 111 Å². The number of nitrogens with one attached hydrogen (secondary N) is 1. The summed E-state index contributed by atoms with van der Waals surface area (Å²) in [5, 5.41) is 11.5. The number of rotatable bonds is 5. The quantitative estimate of drug-likeness (QED) is 0.803. The molecule has 2 N–H and O–H groups in total. The second-order valence-corrected chi connectivity index (χ2v) is 5.35. The molecule has 0 aliphatic carbocycles. The Kier molecular flexibility index (Phi) is 5.22. The zero-order valence-corrected chi connectivity index (χ0v) is 11.5. The molecule has 0 bridgehead atoms. The van der Waals surface area contributed by atoms with Crippen molar-refractivity contribution in [3.8, 4) is 0 Å². The zero-order valence-electron chi connectivity index (χ0n) is 10.7. The highest BCUT2D eigenvalue weighted by Crippen LogP contribution is 2.25. The van der Waals surface area contributed by atoms with E-state index in [1.165, 1.54) is 11.8 Å². The van der Waals surface area contributed by atoms with Crippen LogP contribution < -0.4 is 5.32 Å². The largest absolute Gasteiger partial charge is 0.478 e. The minimum atomic E-state index is -0.944. The highest BCUT2D eigenvalue weighted by Gasteiger charge is 2.15. The first-order valence-corrected chi connectivity index (χ1v) is 6.62. The van der Waals surface area contributed by atoms with Crippen molar-refractivity contribution in [1.82, 2.24) is 5.32 Å². The van der Waals surface area contributed by atoms with Crippen molar-refractivity contribution in [2.75, 3.05) is 6.54 Å². The predicted octanol–water partition coefficient (Wildman–Crippen LogP) is 2.31. The Morgan fingerprint density at radius 1 is 1.44 bits per heavy atom. The van der Waals surface area contributed by atoms with E-state index in [2.05, 4.69) is 5.32 Å². The summed E-state index contributed by atoms with van der Waals surface area (Å²) in [4.78, 5) is 23.4. The maximum atomic E-state index is 11.6. The molecule has 0 radical (unpaired) electrons. The lowest BCUT2D eigenvalue weighted by Gasteiger charge is -2.11. The van der Waals surface area contributed by atoms with Crippen LogP contribution in [-0.4, -0.2) is 28.8 Å². The molecule has 1 rings (SSSR count). The fourth-order valence-electron chi connectivity index (χ4n) is 1.48. The SMILES string of the molecule is CCNC(=O)C(C)Sc1ccc(C)c(C(=O)O)c1. The van der Waals surface area contributed by atoms with E-state index >= 15 is 0 Å². The first kappa shape index (κ1) is 14.6. The molecule has 0 aliphatic heterocycles. The fourth-order valence-corrected chi connectivity index (χ4v) is 2.41. The van der Waals surface area contributed by atoms with E-state index in [4.69, 9.17) is 5.11 Å². The number of hydrogen-bond donors (Lipinski definition) is 2. The van der Waals surface area contributed by atoms with Crippen molar-refractivity contribution in [1.29, 1.82) is 0 Å². The number of carbonyl (C=O) groups is 2. The number of carboxylic acids is 1. The summed E-state index contributed by atoms with van der Waals surface area (Å²) in [5.74, 6) is -0.986. The Morgan fingerprint density at radius 3 is 2.67 bits per heavy atom. The lowest BCUT2D eigenvalue weighted by Crippen LogP contribution is -2.30. The lowest BCUT2D eigenvalue weighted by atomic mass is 10.1. The van der Waals surface area contributed by atoms with Crippen LogP contribution in [0.4, 0.5) is 0 Å². The molecular weight excluding hydrogens is 250 g/mol. The smallest absolute Gasteiger partial charge is 0.335 e. The number of aryl methyl sites for hydroxylation is 1. The molecule has 0 saturated carbocycles. The topological polar surface area (TPSA) is 66.4 Å². The summed E-state index contributed by atoms with van der Waals surface area (Å²) in [7, 11) is 0. The summed E-state index contributed by atoms with van der Waals surface area (Å²) in [6.07, 6.45) is 0. The summed E-state index contributed by atoms with van der Waals surface area (Å²) in [5.41, 5.74) is 1.00. The van der Waals surface area contributed by atoms with Crippen LogP contribution in [0.25, 0.3) is 0 Å². The molecule has 0 aliphatic rings. The Bertz CT molecular complexity index is 460. The molecular formula is C13H17NO3S. The molecule has 1 unspecified atom stereocenters. The summed E-state index contributed by atoms with van der Waals surface area (Å²) in [6, 6.07) is 5.20. The number of carbonyl (C=O) groups excluding carboxylic acids is 1.